The number of rotatable bonds is 8. The van der Waals surface area contributed by atoms with E-state index in [1.165, 1.54) is 6.08 Å². The number of benzene rings is 1. The van der Waals surface area contributed by atoms with Crippen molar-refractivity contribution in [3.63, 3.8) is 0 Å². The van der Waals surface area contributed by atoms with Crippen molar-refractivity contribution in [1.82, 2.24) is 5.32 Å². The molecule has 0 aliphatic heterocycles. The van der Waals surface area contributed by atoms with Crippen molar-refractivity contribution in [1.29, 1.82) is 0 Å². The van der Waals surface area contributed by atoms with Crippen LogP contribution in [0.25, 0.3) is 6.08 Å². The van der Waals surface area contributed by atoms with Gasteiger partial charge in [-0.15, -0.1) is 0 Å². The monoisotopic (exact) mass is 291 g/mol. The van der Waals surface area contributed by atoms with Crippen LogP contribution in [0.3, 0.4) is 0 Å². The Kier molecular flexibility index (Phi) is 7.64. The zero-order chi connectivity index (χ0) is 15.5. The summed E-state index contributed by atoms with van der Waals surface area (Å²) in [5.74, 6) is 0.245. The molecule has 0 saturated carbocycles. The van der Waals surface area contributed by atoms with Crippen LogP contribution < -0.4 is 10.1 Å². The van der Waals surface area contributed by atoms with Crippen LogP contribution in [-0.4, -0.2) is 31.6 Å². The van der Waals surface area contributed by atoms with Gasteiger partial charge in [0.2, 0.25) is 5.91 Å². The minimum Gasteiger partial charge on any atom is -0.494 e. The average molecular weight is 291 g/mol. The Labute approximate surface area is 124 Å². The fraction of sp³-hybridized carbons (Fsp3) is 0.375. The molecule has 5 nitrogen and oxygen atoms in total. The number of hydrogen-bond donors (Lipinski definition) is 1. The first-order chi connectivity index (χ1) is 10.2. The highest BCUT2D eigenvalue weighted by Crippen LogP contribution is 2.12. The van der Waals surface area contributed by atoms with Gasteiger partial charge in [-0.05, 0) is 37.6 Å². The molecule has 21 heavy (non-hydrogen) atoms. The molecule has 0 aliphatic carbocycles. The molecule has 0 unspecified atom stereocenters. The molecule has 0 aliphatic rings. The maximum absolute atomic E-state index is 11.6. The summed E-state index contributed by atoms with van der Waals surface area (Å²) >= 11 is 0. The highest BCUT2D eigenvalue weighted by atomic mass is 16.5. The normalized spacial score (nSPS) is 10.4. The highest BCUT2D eigenvalue weighted by molar-refractivity contribution is 5.91. The second kappa shape index (κ2) is 9.58. The Hall–Kier alpha value is -2.30. The third-order valence-electron chi connectivity index (χ3n) is 2.55. The van der Waals surface area contributed by atoms with Gasteiger partial charge in [-0.3, -0.25) is 9.59 Å². The van der Waals surface area contributed by atoms with Crippen molar-refractivity contribution in [3.8, 4) is 5.75 Å². The lowest BCUT2D eigenvalue weighted by Gasteiger charge is -2.03. The van der Waals surface area contributed by atoms with Gasteiger partial charge in [0.05, 0.1) is 19.6 Å². The van der Waals surface area contributed by atoms with Crippen LogP contribution in [0, 0.1) is 0 Å². The molecule has 0 radical (unpaired) electrons. The first-order valence-electron chi connectivity index (χ1n) is 7.00. The van der Waals surface area contributed by atoms with E-state index in [9.17, 15) is 9.59 Å². The summed E-state index contributed by atoms with van der Waals surface area (Å²) in [6, 6.07) is 7.43. The van der Waals surface area contributed by atoms with Gasteiger partial charge in [0.25, 0.3) is 0 Å². The third-order valence-corrected chi connectivity index (χ3v) is 2.55. The number of esters is 1. The molecule has 1 N–H and O–H groups in total. The standard InChI is InChI=1S/C16H21NO4/c1-3-20-14-8-5-13(6-9-14)7-10-15(18)17-12-11-16(19)21-4-2/h5-10H,3-4,11-12H2,1-2H3,(H,17,18)/b10-7+. The van der Waals surface area contributed by atoms with E-state index in [2.05, 4.69) is 5.32 Å². The largest absolute Gasteiger partial charge is 0.494 e. The number of carbonyl (C=O) groups excluding carboxylic acids is 2. The molecule has 1 amide bonds. The quantitative estimate of drug-likeness (QED) is 0.589. The van der Waals surface area contributed by atoms with Crippen molar-refractivity contribution in [2.75, 3.05) is 19.8 Å². The van der Waals surface area contributed by atoms with Crippen LogP contribution in [0.15, 0.2) is 30.3 Å². The summed E-state index contributed by atoms with van der Waals surface area (Å²) in [6.45, 7) is 4.91. The fourth-order valence-corrected chi connectivity index (χ4v) is 1.59. The van der Waals surface area contributed by atoms with Crippen molar-refractivity contribution in [2.45, 2.75) is 20.3 Å². The molecule has 0 aromatic heterocycles. The lowest BCUT2D eigenvalue weighted by atomic mass is 10.2. The Morgan fingerprint density at radius 3 is 2.48 bits per heavy atom. The molecule has 5 heteroatoms. The molecule has 0 atom stereocenters. The molecular weight excluding hydrogens is 270 g/mol. The van der Waals surface area contributed by atoms with Crippen LogP contribution in [0.2, 0.25) is 0 Å². The average Bonchev–Trinajstić information content (AvgIpc) is 2.47. The maximum atomic E-state index is 11.6. The first-order valence-corrected chi connectivity index (χ1v) is 7.00. The molecule has 0 fully saturated rings. The highest BCUT2D eigenvalue weighted by Gasteiger charge is 2.02. The predicted molar refractivity (Wildman–Crippen MR) is 80.9 cm³/mol. The van der Waals surface area contributed by atoms with Crippen LogP contribution in [0.1, 0.15) is 25.8 Å². The predicted octanol–water partition coefficient (Wildman–Crippen LogP) is 2.17. The van der Waals surface area contributed by atoms with E-state index >= 15 is 0 Å². The Morgan fingerprint density at radius 1 is 1.14 bits per heavy atom. The van der Waals surface area contributed by atoms with Crippen LogP contribution in [0.5, 0.6) is 5.75 Å². The molecule has 1 rings (SSSR count). The molecule has 114 valence electrons. The van der Waals surface area contributed by atoms with E-state index in [1.54, 1.807) is 13.0 Å². The van der Waals surface area contributed by atoms with Gasteiger partial charge < -0.3 is 14.8 Å². The molecule has 0 bridgehead atoms. The van der Waals surface area contributed by atoms with E-state index in [-0.39, 0.29) is 24.8 Å². The second-order valence-electron chi connectivity index (χ2n) is 4.18. The van der Waals surface area contributed by atoms with Crippen LogP contribution in [0.4, 0.5) is 0 Å². The summed E-state index contributed by atoms with van der Waals surface area (Å²) in [7, 11) is 0. The Bertz CT molecular complexity index is 480. The molecular formula is C16H21NO4. The lowest BCUT2D eigenvalue weighted by Crippen LogP contribution is -2.24. The number of ether oxygens (including phenoxy) is 2. The van der Waals surface area contributed by atoms with Gasteiger partial charge in [0.15, 0.2) is 0 Å². The number of amides is 1. The molecule has 1 aromatic carbocycles. The minimum absolute atomic E-state index is 0.177. The van der Waals surface area contributed by atoms with Gasteiger partial charge >= 0.3 is 5.97 Å². The van der Waals surface area contributed by atoms with E-state index < -0.39 is 0 Å². The van der Waals surface area contributed by atoms with Crippen molar-refractivity contribution in [2.24, 2.45) is 0 Å². The smallest absolute Gasteiger partial charge is 0.307 e. The maximum Gasteiger partial charge on any atom is 0.307 e. The summed E-state index contributed by atoms with van der Waals surface area (Å²) < 4.78 is 10.1. The summed E-state index contributed by atoms with van der Waals surface area (Å²) in [5, 5.41) is 2.62. The van der Waals surface area contributed by atoms with E-state index in [0.29, 0.717) is 13.2 Å². The van der Waals surface area contributed by atoms with Crippen molar-refractivity contribution in [3.05, 3.63) is 35.9 Å². The number of hydrogen-bond acceptors (Lipinski definition) is 4. The Morgan fingerprint density at radius 2 is 1.86 bits per heavy atom. The van der Waals surface area contributed by atoms with E-state index in [4.69, 9.17) is 9.47 Å². The lowest BCUT2D eigenvalue weighted by molar-refractivity contribution is -0.142. The van der Waals surface area contributed by atoms with E-state index in [1.807, 2.05) is 31.2 Å². The summed E-state index contributed by atoms with van der Waals surface area (Å²) in [5.41, 5.74) is 0.902. The molecule has 0 spiro atoms. The molecule has 0 saturated heterocycles. The minimum atomic E-state index is -0.312. The van der Waals surface area contributed by atoms with Crippen LogP contribution >= 0.6 is 0 Å². The van der Waals surface area contributed by atoms with Crippen molar-refractivity contribution < 1.29 is 19.1 Å². The van der Waals surface area contributed by atoms with Crippen LogP contribution in [-0.2, 0) is 14.3 Å². The van der Waals surface area contributed by atoms with Crippen molar-refractivity contribution >= 4 is 18.0 Å². The fourth-order valence-electron chi connectivity index (χ4n) is 1.59. The Balaban J connectivity index is 2.34. The van der Waals surface area contributed by atoms with Gasteiger partial charge in [-0.1, -0.05) is 12.1 Å². The summed E-state index contributed by atoms with van der Waals surface area (Å²) in [4.78, 5) is 22.6. The third kappa shape index (κ3) is 7.15. The SMILES string of the molecule is CCOC(=O)CCNC(=O)/C=C/c1ccc(OCC)cc1. The van der Waals surface area contributed by atoms with Gasteiger partial charge in [-0.25, -0.2) is 0 Å². The zero-order valence-corrected chi connectivity index (χ0v) is 12.4. The number of carbonyl (C=O) groups is 2. The molecule has 0 heterocycles. The van der Waals surface area contributed by atoms with Gasteiger partial charge in [-0.2, -0.15) is 0 Å². The first kappa shape index (κ1) is 16.8. The van der Waals surface area contributed by atoms with Gasteiger partial charge in [0, 0.05) is 12.6 Å². The zero-order valence-electron chi connectivity index (χ0n) is 12.4. The van der Waals surface area contributed by atoms with E-state index in [0.717, 1.165) is 11.3 Å². The summed E-state index contributed by atoms with van der Waals surface area (Å²) in [6.07, 6.45) is 3.31. The van der Waals surface area contributed by atoms with Gasteiger partial charge in [0.1, 0.15) is 5.75 Å². The number of nitrogens with one attached hydrogen (secondary N) is 1. The topological polar surface area (TPSA) is 64.6 Å². The second-order valence-corrected chi connectivity index (χ2v) is 4.18. The molecule has 1 aromatic rings.